The average molecular weight is 370 g/mol. The SMILES string of the molecule is CCCSc1nc(N)c2nnn([C@@H]3C[C@H](OCCO)[C@@H](O)[C@H]3O)c2n1. The second-order valence-corrected chi connectivity index (χ2v) is 6.93. The van der Waals surface area contributed by atoms with Crippen LogP contribution in [0.3, 0.4) is 0 Å². The maximum absolute atomic E-state index is 10.4. The highest BCUT2D eigenvalue weighted by molar-refractivity contribution is 7.99. The minimum Gasteiger partial charge on any atom is -0.394 e. The smallest absolute Gasteiger partial charge is 0.191 e. The molecule has 5 N–H and O–H groups in total. The molecule has 2 aromatic rings. The van der Waals surface area contributed by atoms with Crippen molar-refractivity contribution in [1.29, 1.82) is 0 Å². The number of thioether (sulfide) groups is 1. The Labute approximate surface area is 148 Å². The fraction of sp³-hybridized carbons (Fsp3) is 0.714. The van der Waals surface area contributed by atoms with Crippen molar-refractivity contribution >= 4 is 28.7 Å². The summed E-state index contributed by atoms with van der Waals surface area (Å²) in [6, 6.07) is -0.554. The second kappa shape index (κ2) is 7.79. The van der Waals surface area contributed by atoms with E-state index in [1.807, 2.05) is 0 Å². The monoisotopic (exact) mass is 370 g/mol. The third-order valence-corrected chi connectivity index (χ3v) is 5.15. The fourth-order valence-corrected chi connectivity index (χ4v) is 3.59. The Bertz CT molecular complexity index is 729. The summed E-state index contributed by atoms with van der Waals surface area (Å²) in [7, 11) is 0. The molecule has 25 heavy (non-hydrogen) atoms. The largest absolute Gasteiger partial charge is 0.394 e. The molecule has 0 bridgehead atoms. The number of nitrogen functional groups attached to an aromatic ring is 1. The minimum atomic E-state index is -1.09. The number of nitrogens with zero attached hydrogens (tertiary/aromatic N) is 5. The van der Waals surface area contributed by atoms with Gasteiger partial charge < -0.3 is 25.8 Å². The lowest BCUT2D eigenvalue weighted by molar-refractivity contribution is -0.0629. The molecule has 0 aliphatic heterocycles. The zero-order valence-electron chi connectivity index (χ0n) is 13.8. The van der Waals surface area contributed by atoms with E-state index in [0.29, 0.717) is 22.7 Å². The Kier molecular flexibility index (Phi) is 5.69. The molecule has 0 unspecified atom stereocenters. The summed E-state index contributed by atoms with van der Waals surface area (Å²) in [4.78, 5) is 8.68. The van der Waals surface area contributed by atoms with E-state index >= 15 is 0 Å². The van der Waals surface area contributed by atoms with Crippen molar-refractivity contribution in [2.24, 2.45) is 0 Å². The second-order valence-electron chi connectivity index (χ2n) is 5.86. The van der Waals surface area contributed by atoms with Crippen molar-refractivity contribution < 1.29 is 20.1 Å². The van der Waals surface area contributed by atoms with Crippen LogP contribution in [0.4, 0.5) is 5.82 Å². The Hall–Kier alpha value is -1.53. The topological polar surface area (TPSA) is 152 Å². The normalized spacial score (nSPS) is 26.6. The van der Waals surface area contributed by atoms with Gasteiger partial charge in [0.05, 0.1) is 25.4 Å². The molecule has 1 aliphatic rings. The summed E-state index contributed by atoms with van der Waals surface area (Å²) in [5.41, 5.74) is 6.74. The van der Waals surface area contributed by atoms with E-state index in [9.17, 15) is 10.2 Å². The van der Waals surface area contributed by atoms with Crippen molar-refractivity contribution in [1.82, 2.24) is 25.0 Å². The first-order valence-corrected chi connectivity index (χ1v) is 9.15. The molecule has 10 nitrogen and oxygen atoms in total. The highest BCUT2D eigenvalue weighted by atomic mass is 32.2. The summed E-state index contributed by atoms with van der Waals surface area (Å²) in [5, 5.41) is 38.0. The first kappa shape index (κ1) is 18.3. The molecule has 11 heteroatoms. The highest BCUT2D eigenvalue weighted by Gasteiger charge is 2.44. The highest BCUT2D eigenvalue weighted by Crippen LogP contribution is 2.34. The van der Waals surface area contributed by atoms with Gasteiger partial charge in [-0.05, 0) is 6.42 Å². The zero-order chi connectivity index (χ0) is 18.0. The van der Waals surface area contributed by atoms with Crippen LogP contribution in [-0.2, 0) is 4.74 Å². The Balaban J connectivity index is 1.91. The van der Waals surface area contributed by atoms with Gasteiger partial charge in [-0.3, -0.25) is 0 Å². The molecule has 0 amide bonds. The summed E-state index contributed by atoms with van der Waals surface area (Å²) in [5.74, 6) is 1.09. The summed E-state index contributed by atoms with van der Waals surface area (Å²) in [6.07, 6.45) is -1.47. The van der Waals surface area contributed by atoms with Crippen molar-refractivity contribution in [3.63, 3.8) is 0 Å². The van der Waals surface area contributed by atoms with E-state index < -0.39 is 24.4 Å². The van der Waals surface area contributed by atoms with Crippen molar-refractivity contribution in [3.8, 4) is 0 Å². The van der Waals surface area contributed by atoms with Gasteiger partial charge in [0, 0.05) is 12.2 Å². The van der Waals surface area contributed by atoms with Crippen LogP contribution in [0.15, 0.2) is 5.16 Å². The van der Waals surface area contributed by atoms with Crippen LogP contribution in [0.25, 0.3) is 11.2 Å². The maximum Gasteiger partial charge on any atom is 0.191 e. The summed E-state index contributed by atoms with van der Waals surface area (Å²) >= 11 is 1.48. The predicted octanol–water partition coefficient (Wildman–Crippen LogP) is -0.650. The van der Waals surface area contributed by atoms with Crippen LogP contribution in [0.5, 0.6) is 0 Å². The number of aliphatic hydroxyl groups is 3. The molecular formula is C14H22N6O4S. The lowest BCUT2D eigenvalue weighted by atomic mass is 10.2. The predicted molar refractivity (Wildman–Crippen MR) is 91.0 cm³/mol. The molecule has 1 fully saturated rings. The van der Waals surface area contributed by atoms with Crippen molar-refractivity contribution in [2.45, 2.75) is 49.3 Å². The van der Waals surface area contributed by atoms with Crippen LogP contribution in [0, 0.1) is 0 Å². The third kappa shape index (κ3) is 3.55. The summed E-state index contributed by atoms with van der Waals surface area (Å²) < 4.78 is 6.86. The molecular weight excluding hydrogens is 348 g/mol. The van der Waals surface area contributed by atoms with E-state index in [4.69, 9.17) is 15.6 Å². The number of fused-ring (bicyclic) bond motifs is 1. The van der Waals surface area contributed by atoms with Gasteiger partial charge in [0.2, 0.25) is 0 Å². The van der Waals surface area contributed by atoms with Gasteiger partial charge in [0.1, 0.15) is 12.2 Å². The lowest BCUT2D eigenvalue weighted by Gasteiger charge is -2.17. The number of hydrogen-bond donors (Lipinski definition) is 4. The number of ether oxygens (including phenoxy) is 1. The Morgan fingerprint density at radius 2 is 2.12 bits per heavy atom. The molecule has 0 spiro atoms. The maximum atomic E-state index is 10.4. The van der Waals surface area contributed by atoms with Crippen LogP contribution < -0.4 is 5.73 Å². The minimum absolute atomic E-state index is 0.0895. The van der Waals surface area contributed by atoms with Gasteiger partial charge in [0.25, 0.3) is 0 Å². The van der Waals surface area contributed by atoms with Crippen LogP contribution >= 0.6 is 11.8 Å². The fourth-order valence-electron chi connectivity index (χ4n) is 2.89. The molecule has 2 heterocycles. The number of hydrogen-bond acceptors (Lipinski definition) is 10. The van der Waals surface area contributed by atoms with Crippen LogP contribution in [0.2, 0.25) is 0 Å². The van der Waals surface area contributed by atoms with Gasteiger partial charge in [-0.25, -0.2) is 14.6 Å². The first-order valence-electron chi connectivity index (χ1n) is 8.16. The number of aromatic nitrogens is 5. The van der Waals surface area contributed by atoms with E-state index in [1.54, 1.807) is 0 Å². The molecule has 3 rings (SSSR count). The van der Waals surface area contributed by atoms with E-state index in [1.165, 1.54) is 16.4 Å². The molecule has 4 atom stereocenters. The van der Waals surface area contributed by atoms with Gasteiger partial charge >= 0.3 is 0 Å². The molecule has 0 radical (unpaired) electrons. The molecule has 0 saturated heterocycles. The molecule has 0 aromatic carbocycles. The van der Waals surface area contributed by atoms with Crippen molar-refractivity contribution in [2.75, 3.05) is 24.7 Å². The van der Waals surface area contributed by atoms with Gasteiger partial charge in [-0.2, -0.15) is 0 Å². The van der Waals surface area contributed by atoms with E-state index in [2.05, 4.69) is 27.2 Å². The number of anilines is 1. The van der Waals surface area contributed by atoms with Gasteiger partial charge in [-0.1, -0.05) is 23.9 Å². The Morgan fingerprint density at radius 1 is 1.32 bits per heavy atom. The van der Waals surface area contributed by atoms with E-state index in [-0.39, 0.29) is 19.0 Å². The third-order valence-electron chi connectivity index (χ3n) is 4.10. The molecule has 2 aromatic heterocycles. The van der Waals surface area contributed by atoms with Crippen LogP contribution in [0.1, 0.15) is 25.8 Å². The van der Waals surface area contributed by atoms with Crippen LogP contribution in [-0.4, -0.2) is 77.6 Å². The van der Waals surface area contributed by atoms with Gasteiger partial charge in [-0.15, -0.1) is 5.10 Å². The number of rotatable bonds is 7. The lowest BCUT2D eigenvalue weighted by Crippen LogP contribution is -2.33. The first-order chi connectivity index (χ1) is 12.1. The van der Waals surface area contributed by atoms with Gasteiger partial charge in [0.15, 0.2) is 22.1 Å². The summed E-state index contributed by atoms with van der Waals surface area (Å²) in [6.45, 7) is 1.99. The van der Waals surface area contributed by atoms with Crippen molar-refractivity contribution in [3.05, 3.63) is 0 Å². The Morgan fingerprint density at radius 3 is 2.84 bits per heavy atom. The zero-order valence-corrected chi connectivity index (χ0v) is 14.6. The average Bonchev–Trinajstić information content (AvgIpc) is 3.14. The molecule has 1 aliphatic carbocycles. The molecule has 1 saturated carbocycles. The molecule has 138 valence electrons. The standard InChI is InChI=1S/C14H22N6O4S/c1-2-5-25-14-16-12(15)9-13(17-14)20(19-18-9)7-6-8(24-4-3-21)11(23)10(7)22/h7-8,10-11,21-23H,2-6H2,1H3,(H2,15,16,17)/t7-,8+,10+,11-/m1/s1. The quantitative estimate of drug-likeness (QED) is 0.365. The van der Waals surface area contributed by atoms with E-state index in [0.717, 1.165) is 12.2 Å². The number of aliphatic hydroxyl groups excluding tert-OH is 3. The number of nitrogens with two attached hydrogens (primary N) is 1.